The van der Waals surface area contributed by atoms with Gasteiger partial charge in [-0.2, -0.15) is 5.10 Å². The summed E-state index contributed by atoms with van der Waals surface area (Å²) in [7, 11) is 1.84. The Morgan fingerprint density at radius 1 is 1.30 bits per heavy atom. The maximum atomic E-state index is 12.1. The summed E-state index contributed by atoms with van der Waals surface area (Å²) in [6.45, 7) is 6.51. The number of fused-ring (bicyclic) bond motifs is 1. The number of hydrogen-bond donors (Lipinski definition) is 1. The lowest BCUT2D eigenvalue weighted by molar-refractivity contribution is -0.119. The maximum Gasteiger partial charge on any atom is 0.230 e. The standard InChI is InChI=1S/C16H25N5OS/c1-11(2)6-5-7-12(3)20-14(22)9-23-16-13-8-19-21(4)15(13)17-10-18-16/h8,10-12H,5-7,9H2,1-4H3,(H,20,22). The van der Waals surface area contributed by atoms with Crippen molar-refractivity contribution in [2.45, 2.75) is 51.1 Å². The molecule has 1 unspecified atom stereocenters. The minimum absolute atomic E-state index is 0.0442. The highest BCUT2D eigenvalue weighted by molar-refractivity contribution is 8.00. The van der Waals surface area contributed by atoms with Crippen molar-refractivity contribution < 1.29 is 4.79 Å². The second-order valence-electron chi connectivity index (χ2n) is 6.27. The van der Waals surface area contributed by atoms with Crippen LogP contribution in [-0.4, -0.2) is 37.5 Å². The molecule has 0 aliphatic heterocycles. The van der Waals surface area contributed by atoms with Crippen molar-refractivity contribution in [1.82, 2.24) is 25.1 Å². The second-order valence-corrected chi connectivity index (χ2v) is 7.23. The summed E-state index contributed by atoms with van der Waals surface area (Å²) < 4.78 is 1.71. The van der Waals surface area contributed by atoms with Crippen molar-refractivity contribution in [3.8, 4) is 0 Å². The molecule has 0 spiro atoms. The molecule has 6 nitrogen and oxygen atoms in total. The average molecular weight is 335 g/mol. The van der Waals surface area contributed by atoms with E-state index in [2.05, 4.69) is 41.2 Å². The normalized spacial score (nSPS) is 12.7. The SMILES string of the molecule is CC(C)CCCC(C)NC(=O)CSc1ncnc2c1cnn2C. The van der Waals surface area contributed by atoms with Gasteiger partial charge in [-0.05, 0) is 19.3 Å². The van der Waals surface area contributed by atoms with Crippen molar-refractivity contribution in [2.24, 2.45) is 13.0 Å². The van der Waals surface area contributed by atoms with Gasteiger partial charge in [0.05, 0.1) is 17.3 Å². The van der Waals surface area contributed by atoms with E-state index in [0.717, 1.165) is 28.9 Å². The molecule has 0 saturated heterocycles. The van der Waals surface area contributed by atoms with Crippen molar-refractivity contribution in [1.29, 1.82) is 0 Å². The van der Waals surface area contributed by atoms with Gasteiger partial charge in [0.2, 0.25) is 5.91 Å². The Kier molecular flexibility index (Phi) is 6.38. The van der Waals surface area contributed by atoms with Crippen LogP contribution in [0, 0.1) is 5.92 Å². The first-order valence-electron chi connectivity index (χ1n) is 8.02. The van der Waals surface area contributed by atoms with E-state index in [4.69, 9.17) is 0 Å². The van der Waals surface area contributed by atoms with Crippen molar-refractivity contribution in [2.75, 3.05) is 5.75 Å². The fraction of sp³-hybridized carbons (Fsp3) is 0.625. The van der Waals surface area contributed by atoms with Gasteiger partial charge in [0.25, 0.3) is 0 Å². The molecule has 7 heteroatoms. The van der Waals surface area contributed by atoms with Crippen LogP contribution >= 0.6 is 11.8 Å². The van der Waals surface area contributed by atoms with E-state index in [-0.39, 0.29) is 11.9 Å². The topological polar surface area (TPSA) is 72.7 Å². The number of aryl methyl sites for hydroxylation is 1. The van der Waals surface area contributed by atoms with E-state index in [9.17, 15) is 4.79 Å². The molecule has 2 rings (SSSR count). The minimum Gasteiger partial charge on any atom is -0.353 e. The van der Waals surface area contributed by atoms with Crippen LogP contribution in [0.15, 0.2) is 17.6 Å². The second kappa shape index (κ2) is 8.29. The molecule has 0 fully saturated rings. The molecule has 126 valence electrons. The Hall–Kier alpha value is -1.63. The Balaban J connectivity index is 1.81. The molecule has 0 aromatic carbocycles. The Morgan fingerprint density at radius 2 is 2.09 bits per heavy atom. The zero-order valence-corrected chi connectivity index (χ0v) is 15.1. The van der Waals surface area contributed by atoms with Crippen molar-refractivity contribution in [3.05, 3.63) is 12.5 Å². The fourth-order valence-electron chi connectivity index (χ4n) is 2.41. The van der Waals surface area contributed by atoms with Gasteiger partial charge < -0.3 is 5.32 Å². The summed E-state index contributed by atoms with van der Waals surface area (Å²) in [5.41, 5.74) is 0.782. The summed E-state index contributed by atoms with van der Waals surface area (Å²) in [4.78, 5) is 20.5. The molecular weight excluding hydrogens is 310 g/mol. The molecule has 1 amide bonds. The number of aromatic nitrogens is 4. The van der Waals surface area contributed by atoms with Crippen LogP contribution < -0.4 is 5.32 Å². The molecule has 0 aliphatic rings. The molecule has 0 bridgehead atoms. The third-order valence-electron chi connectivity index (χ3n) is 3.66. The van der Waals surface area contributed by atoms with E-state index >= 15 is 0 Å². The summed E-state index contributed by atoms with van der Waals surface area (Å²) in [6.07, 6.45) is 6.63. The van der Waals surface area contributed by atoms with Crippen LogP contribution in [0.3, 0.4) is 0 Å². The predicted molar refractivity (Wildman–Crippen MR) is 93.3 cm³/mol. The number of nitrogens with one attached hydrogen (secondary N) is 1. The van der Waals surface area contributed by atoms with Crippen LogP contribution in [0.1, 0.15) is 40.0 Å². The largest absolute Gasteiger partial charge is 0.353 e. The van der Waals surface area contributed by atoms with Crippen LogP contribution in [0.25, 0.3) is 11.0 Å². The highest BCUT2D eigenvalue weighted by Gasteiger charge is 2.12. The van der Waals surface area contributed by atoms with E-state index in [0.29, 0.717) is 11.7 Å². The van der Waals surface area contributed by atoms with Gasteiger partial charge in [-0.25, -0.2) is 9.97 Å². The maximum absolute atomic E-state index is 12.1. The average Bonchev–Trinajstić information content (AvgIpc) is 2.87. The number of carbonyl (C=O) groups excluding carboxylic acids is 1. The summed E-state index contributed by atoms with van der Waals surface area (Å²) in [5.74, 6) is 1.12. The van der Waals surface area contributed by atoms with Crippen LogP contribution in [0.4, 0.5) is 0 Å². The molecule has 0 saturated carbocycles. The van der Waals surface area contributed by atoms with Crippen molar-refractivity contribution >= 4 is 28.7 Å². The van der Waals surface area contributed by atoms with Crippen LogP contribution in [0.2, 0.25) is 0 Å². The monoisotopic (exact) mass is 335 g/mol. The van der Waals surface area contributed by atoms with Gasteiger partial charge in [0, 0.05) is 13.1 Å². The highest BCUT2D eigenvalue weighted by Crippen LogP contribution is 2.23. The molecule has 1 atom stereocenters. The number of thioether (sulfide) groups is 1. The summed E-state index contributed by atoms with van der Waals surface area (Å²) in [5, 5.41) is 8.92. The van der Waals surface area contributed by atoms with Crippen LogP contribution in [-0.2, 0) is 11.8 Å². The molecule has 1 N–H and O–H groups in total. The van der Waals surface area contributed by atoms with E-state index in [1.54, 1.807) is 10.9 Å². The first-order chi connectivity index (χ1) is 11.0. The predicted octanol–water partition coefficient (Wildman–Crippen LogP) is 2.79. The number of amides is 1. The molecule has 2 heterocycles. The van der Waals surface area contributed by atoms with Crippen molar-refractivity contribution in [3.63, 3.8) is 0 Å². The van der Waals surface area contributed by atoms with E-state index in [1.165, 1.54) is 24.5 Å². The fourth-order valence-corrected chi connectivity index (χ4v) is 3.18. The third kappa shape index (κ3) is 5.20. The first kappa shape index (κ1) is 17.7. The Bertz CT molecular complexity index is 655. The molecule has 2 aromatic heterocycles. The minimum atomic E-state index is 0.0442. The van der Waals surface area contributed by atoms with Gasteiger partial charge in [0.1, 0.15) is 11.4 Å². The lowest BCUT2D eigenvalue weighted by Crippen LogP contribution is -2.33. The molecule has 2 aromatic rings. The summed E-state index contributed by atoms with van der Waals surface area (Å²) >= 11 is 1.43. The smallest absolute Gasteiger partial charge is 0.230 e. The van der Waals surface area contributed by atoms with Gasteiger partial charge in [0.15, 0.2) is 5.65 Å². The Morgan fingerprint density at radius 3 is 2.83 bits per heavy atom. The lowest BCUT2D eigenvalue weighted by atomic mass is 10.0. The van der Waals surface area contributed by atoms with E-state index < -0.39 is 0 Å². The molecule has 23 heavy (non-hydrogen) atoms. The molecule has 0 radical (unpaired) electrons. The van der Waals surface area contributed by atoms with Gasteiger partial charge >= 0.3 is 0 Å². The molecule has 0 aliphatic carbocycles. The highest BCUT2D eigenvalue weighted by atomic mass is 32.2. The van der Waals surface area contributed by atoms with E-state index in [1.807, 2.05) is 7.05 Å². The van der Waals surface area contributed by atoms with Gasteiger partial charge in [-0.15, -0.1) is 0 Å². The zero-order chi connectivity index (χ0) is 16.8. The molecular formula is C16H25N5OS. The quantitative estimate of drug-likeness (QED) is 0.593. The summed E-state index contributed by atoms with van der Waals surface area (Å²) in [6, 6.07) is 0.214. The number of hydrogen-bond acceptors (Lipinski definition) is 5. The number of rotatable bonds is 8. The Labute approximate surface area is 141 Å². The third-order valence-corrected chi connectivity index (χ3v) is 4.66. The number of carbonyl (C=O) groups is 1. The number of nitrogens with zero attached hydrogens (tertiary/aromatic N) is 4. The van der Waals surface area contributed by atoms with Gasteiger partial charge in [-0.1, -0.05) is 38.5 Å². The lowest BCUT2D eigenvalue weighted by Gasteiger charge is -2.14. The van der Waals surface area contributed by atoms with Crippen LogP contribution in [0.5, 0.6) is 0 Å². The first-order valence-corrected chi connectivity index (χ1v) is 9.00. The zero-order valence-electron chi connectivity index (χ0n) is 14.2. The van der Waals surface area contributed by atoms with Gasteiger partial charge in [-0.3, -0.25) is 9.48 Å².